The van der Waals surface area contributed by atoms with E-state index in [4.69, 9.17) is 9.47 Å². The fourth-order valence-corrected chi connectivity index (χ4v) is 3.42. The minimum absolute atomic E-state index is 0.106. The van der Waals surface area contributed by atoms with Crippen LogP contribution < -0.4 is 14.8 Å². The Bertz CT molecular complexity index is 670. The van der Waals surface area contributed by atoms with Crippen LogP contribution in [0.15, 0.2) is 35.7 Å². The molecule has 0 aliphatic carbocycles. The Hall–Kier alpha value is -2.05. The van der Waals surface area contributed by atoms with Gasteiger partial charge in [-0.2, -0.15) is 0 Å². The molecule has 1 aliphatic heterocycles. The first-order valence-corrected chi connectivity index (χ1v) is 8.41. The van der Waals surface area contributed by atoms with E-state index in [1.165, 1.54) is 4.88 Å². The van der Waals surface area contributed by atoms with Gasteiger partial charge in [0, 0.05) is 17.0 Å². The summed E-state index contributed by atoms with van der Waals surface area (Å²) in [6.45, 7) is 1.61. The molecule has 1 N–H and O–H groups in total. The van der Waals surface area contributed by atoms with E-state index in [0.717, 1.165) is 0 Å². The number of likely N-dealkylation sites (N-methyl/N-ethyl adjacent to an activating group) is 1. The number of thiophene rings is 1. The largest absolute Gasteiger partial charge is 0.486 e. The van der Waals surface area contributed by atoms with Crippen molar-refractivity contribution in [3.63, 3.8) is 0 Å². The van der Waals surface area contributed by atoms with Crippen LogP contribution in [-0.4, -0.2) is 44.7 Å². The Morgan fingerprint density at radius 1 is 1.26 bits per heavy atom. The molecule has 23 heavy (non-hydrogen) atoms. The van der Waals surface area contributed by atoms with Gasteiger partial charge in [-0.05, 0) is 43.7 Å². The second-order valence-corrected chi connectivity index (χ2v) is 6.54. The number of benzene rings is 1. The predicted molar refractivity (Wildman–Crippen MR) is 90.5 cm³/mol. The highest BCUT2D eigenvalue weighted by Crippen LogP contribution is 2.30. The van der Waals surface area contributed by atoms with Crippen LogP contribution in [0, 0.1) is 0 Å². The van der Waals surface area contributed by atoms with Crippen LogP contribution in [-0.2, 0) is 0 Å². The number of fused-ring (bicyclic) bond motifs is 1. The standard InChI is InChI=1S/C17H20N2O3S/c1-19(2)13(16-4-3-9-23-16)11-18-17(20)12-5-6-14-15(10-12)22-8-7-21-14/h3-6,9-10,13H,7-8,11H2,1-2H3,(H,18,20). The molecule has 0 fully saturated rings. The normalized spacial score (nSPS) is 14.6. The molecule has 0 bridgehead atoms. The monoisotopic (exact) mass is 332 g/mol. The third-order valence-corrected chi connectivity index (χ3v) is 4.73. The molecule has 2 heterocycles. The molecule has 0 radical (unpaired) electrons. The average molecular weight is 332 g/mol. The lowest BCUT2D eigenvalue weighted by Crippen LogP contribution is -2.34. The van der Waals surface area contributed by atoms with Gasteiger partial charge in [0.25, 0.3) is 5.91 Å². The predicted octanol–water partition coefficient (Wildman–Crippen LogP) is 2.55. The van der Waals surface area contributed by atoms with Gasteiger partial charge in [0.1, 0.15) is 13.2 Å². The zero-order valence-electron chi connectivity index (χ0n) is 13.2. The summed E-state index contributed by atoms with van der Waals surface area (Å²) in [5.41, 5.74) is 0.581. The summed E-state index contributed by atoms with van der Waals surface area (Å²) in [6.07, 6.45) is 0. The number of nitrogens with one attached hydrogen (secondary N) is 1. The Morgan fingerprint density at radius 2 is 2.04 bits per heavy atom. The quantitative estimate of drug-likeness (QED) is 0.914. The minimum atomic E-state index is -0.106. The number of ether oxygens (including phenoxy) is 2. The van der Waals surface area contributed by atoms with E-state index in [9.17, 15) is 4.79 Å². The second-order valence-electron chi connectivity index (χ2n) is 5.56. The van der Waals surface area contributed by atoms with Crippen LogP contribution in [0.25, 0.3) is 0 Å². The van der Waals surface area contributed by atoms with Crippen LogP contribution in [0.1, 0.15) is 21.3 Å². The van der Waals surface area contributed by atoms with Crippen LogP contribution in [0.5, 0.6) is 11.5 Å². The van der Waals surface area contributed by atoms with Gasteiger partial charge in [-0.15, -0.1) is 11.3 Å². The van der Waals surface area contributed by atoms with E-state index in [0.29, 0.717) is 36.8 Å². The van der Waals surface area contributed by atoms with Gasteiger partial charge in [-0.1, -0.05) is 6.07 Å². The molecule has 1 aromatic heterocycles. The summed E-state index contributed by atoms with van der Waals surface area (Å²) in [7, 11) is 4.03. The Morgan fingerprint density at radius 3 is 2.74 bits per heavy atom. The zero-order chi connectivity index (χ0) is 16.2. The highest BCUT2D eigenvalue weighted by Gasteiger charge is 2.18. The number of rotatable bonds is 5. The SMILES string of the molecule is CN(C)C(CNC(=O)c1ccc2c(c1)OCCO2)c1cccs1. The molecule has 0 saturated heterocycles. The first-order valence-electron chi connectivity index (χ1n) is 7.53. The molecule has 0 saturated carbocycles. The van der Waals surface area contributed by atoms with Crippen molar-refractivity contribution in [2.45, 2.75) is 6.04 Å². The van der Waals surface area contributed by atoms with Crippen molar-refractivity contribution in [2.75, 3.05) is 33.9 Å². The van der Waals surface area contributed by atoms with Gasteiger partial charge < -0.3 is 19.7 Å². The van der Waals surface area contributed by atoms with Gasteiger partial charge in [-0.25, -0.2) is 0 Å². The molecular weight excluding hydrogens is 312 g/mol. The molecule has 1 aromatic carbocycles. The lowest BCUT2D eigenvalue weighted by atomic mass is 10.1. The van der Waals surface area contributed by atoms with Crippen LogP contribution in [0.2, 0.25) is 0 Å². The summed E-state index contributed by atoms with van der Waals surface area (Å²) in [6, 6.07) is 9.56. The molecule has 122 valence electrons. The topological polar surface area (TPSA) is 50.8 Å². The van der Waals surface area contributed by atoms with Gasteiger partial charge in [0.05, 0.1) is 6.04 Å². The highest BCUT2D eigenvalue weighted by molar-refractivity contribution is 7.10. The van der Waals surface area contributed by atoms with E-state index in [1.54, 1.807) is 29.5 Å². The van der Waals surface area contributed by atoms with E-state index >= 15 is 0 Å². The first kappa shape index (κ1) is 15.8. The lowest BCUT2D eigenvalue weighted by Gasteiger charge is -2.24. The summed E-state index contributed by atoms with van der Waals surface area (Å²) in [5, 5.41) is 5.06. The van der Waals surface area contributed by atoms with Crippen LogP contribution in [0.4, 0.5) is 0 Å². The third kappa shape index (κ3) is 3.65. The van der Waals surface area contributed by atoms with Crippen molar-refractivity contribution < 1.29 is 14.3 Å². The maximum atomic E-state index is 12.4. The molecule has 5 nitrogen and oxygen atoms in total. The van der Waals surface area contributed by atoms with Crippen molar-refractivity contribution in [3.05, 3.63) is 46.2 Å². The molecule has 0 spiro atoms. The zero-order valence-corrected chi connectivity index (χ0v) is 14.1. The van der Waals surface area contributed by atoms with Crippen molar-refractivity contribution in [3.8, 4) is 11.5 Å². The Labute approximate surface area is 139 Å². The molecule has 1 unspecified atom stereocenters. The summed E-state index contributed by atoms with van der Waals surface area (Å²) in [5.74, 6) is 1.22. The molecular formula is C17H20N2O3S. The number of carbonyl (C=O) groups is 1. The first-order chi connectivity index (χ1) is 11.1. The van der Waals surface area contributed by atoms with E-state index in [2.05, 4.69) is 21.7 Å². The van der Waals surface area contributed by atoms with E-state index in [-0.39, 0.29) is 11.9 Å². The van der Waals surface area contributed by atoms with Crippen molar-refractivity contribution in [1.82, 2.24) is 10.2 Å². The summed E-state index contributed by atoms with van der Waals surface area (Å²) < 4.78 is 11.0. The van der Waals surface area contributed by atoms with Gasteiger partial charge in [0.15, 0.2) is 11.5 Å². The van der Waals surface area contributed by atoms with Gasteiger partial charge in [0.2, 0.25) is 0 Å². The maximum absolute atomic E-state index is 12.4. The van der Waals surface area contributed by atoms with E-state index < -0.39 is 0 Å². The smallest absolute Gasteiger partial charge is 0.251 e. The average Bonchev–Trinajstić information content (AvgIpc) is 3.08. The summed E-state index contributed by atoms with van der Waals surface area (Å²) >= 11 is 1.70. The van der Waals surface area contributed by atoms with Crippen LogP contribution >= 0.6 is 11.3 Å². The van der Waals surface area contributed by atoms with Gasteiger partial charge in [-0.3, -0.25) is 4.79 Å². The molecule has 1 aliphatic rings. The number of hydrogen-bond donors (Lipinski definition) is 1. The van der Waals surface area contributed by atoms with Crippen molar-refractivity contribution in [1.29, 1.82) is 0 Å². The number of nitrogens with zero attached hydrogens (tertiary/aromatic N) is 1. The summed E-state index contributed by atoms with van der Waals surface area (Å²) in [4.78, 5) is 15.7. The lowest BCUT2D eigenvalue weighted by molar-refractivity contribution is 0.0941. The highest BCUT2D eigenvalue weighted by atomic mass is 32.1. The minimum Gasteiger partial charge on any atom is -0.486 e. The third-order valence-electron chi connectivity index (χ3n) is 3.76. The number of amides is 1. The van der Waals surface area contributed by atoms with Crippen molar-refractivity contribution in [2.24, 2.45) is 0 Å². The molecule has 6 heteroatoms. The Balaban J connectivity index is 1.67. The number of hydrogen-bond acceptors (Lipinski definition) is 5. The maximum Gasteiger partial charge on any atom is 0.251 e. The molecule has 2 aromatic rings. The fraction of sp³-hybridized carbons (Fsp3) is 0.353. The Kier molecular flexibility index (Phi) is 4.83. The van der Waals surface area contributed by atoms with Crippen molar-refractivity contribution >= 4 is 17.2 Å². The second kappa shape index (κ2) is 7.02. The van der Waals surface area contributed by atoms with Crippen LogP contribution in [0.3, 0.4) is 0 Å². The van der Waals surface area contributed by atoms with Gasteiger partial charge >= 0.3 is 0 Å². The fourth-order valence-electron chi connectivity index (χ4n) is 2.49. The molecule has 3 rings (SSSR count). The number of carbonyl (C=O) groups excluding carboxylic acids is 1. The molecule has 1 amide bonds. The molecule has 1 atom stereocenters. The van der Waals surface area contributed by atoms with E-state index in [1.807, 2.05) is 20.2 Å².